The van der Waals surface area contributed by atoms with Crippen LogP contribution in [0.4, 0.5) is 5.69 Å². The molecule has 0 aromatic heterocycles. The summed E-state index contributed by atoms with van der Waals surface area (Å²) in [6.07, 6.45) is 1.17. The van der Waals surface area contributed by atoms with Gasteiger partial charge in [0.25, 0.3) is 0 Å². The van der Waals surface area contributed by atoms with Crippen molar-refractivity contribution in [1.29, 1.82) is 0 Å². The predicted octanol–water partition coefficient (Wildman–Crippen LogP) is 1.12. The molecule has 110 valence electrons. The van der Waals surface area contributed by atoms with Gasteiger partial charge < -0.3 is 10.0 Å². The van der Waals surface area contributed by atoms with Gasteiger partial charge in [-0.05, 0) is 18.2 Å². The molecule has 0 amide bonds. The highest BCUT2D eigenvalue weighted by Crippen LogP contribution is 2.26. The Morgan fingerprint density at radius 3 is 2.35 bits per heavy atom. The molecule has 0 saturated carbocycles. The average Bonchev–Trinajstić information content (AvgIpc) is 2.37. The van der Waals surface area contributed by atoms with Crippen molar-refractivity contribution in [2.24, 2.45) is 0 Å². The van der Waals surface area contributed by atoms with Gasteiger partial charge in [-0.15, -0.1) is 0 Å². The molecular weight excluding hydrogens is 304 g/mol. The molecule has 0 spiro atoms. The number of carbonyl (C=O) groups is 1. The smallest absolute Gasteiger partial charge is 0.337 e. The summed E-state index contributed by atoms with van der Waals surface area (Å²) in [5.74, 6) is -1.03. The second-order valence-corrected chi connectivity index (χ2v) is 7.03. The molecule has 1 heterocycles. The first-order valence-corrected chi connectivity index (χ1v) is 8.24. The van der Waals surface area contributed by atoms with Gasteiger partial charge in [0.2, 0.25) is 10.0 Å². The first-order chi connectivity index (χ1) is 9.29. The molecule has 1 aliphatic rings. The highest BCUT2D eigenvalue weighted by Gasteiger charge is 2.25. The second-order valence-electron chi connectivity index (χ2n) is 4.62. The van der Waals surface area contributed by atoms with Crippen LogP contribution in [0.2, 0.25) is 5.02 Å². The quantitative estimate of drug-likeness (QED) is 0.903. The zero-order valence-electron chi connectivity index (χ0n) is 10.9. The largest absolute Gasteiger partial charge is 0.478 e. The Morgan fingerprint density at radius 2 is 1.85 bits per heavy atom. The maximum atomic E-state index is 11.5. The molecule has 1 aromatic rings. The van der Waals surface area contributed by atoms with Crippen LogP contribution >= 0.6 is 11.6 Å². The molecule has 1 saturated heterocycles. The average molecular weight is 319 g/mol. The Morgan fingerprint density at radius 1 is 1.25 bits per heavy atom. The van der Waals surface area contributed by atoms with Crippen molar-refractivity contribution in [2.75, 3.05) is 37.3 Å². The summed E-state index contributed by atoms with van der Waals surface area (Å²) in [6.45, 7) is 1.55. The molecule has 20 heavy (non-hydrogen) atoms. The van der Waals surface area contributed by atoms with Gasteiger partial charge in [-0.2, -0.15) is 4.31 Å². The van der Waals surface area contributed by atoms with Crippen LogP contribution in [-0.2, 0) is 10.0 Å². The van der Waals surface area contributed by atoms with E-state index in [0.29, 0.717) is 36.9 Å². The lowest BCUT2D eigenvalue weighted by Crippen LogP contribution is -2.48. The molecule has 0 unspecified atom stereocenters. The van der Waals surface area contributed by atoms with Gasteiger partial charge in [-0.25, -0.2) is 13.2 Å². The predicted molar refractivity (Wildman–Crippen MR) is 77.0 cm³/mol. The number of nitrogens with zero attached hydrogens (tertiary/aromatic N) is 2. The van der Waals surface area contributed by atoms with Crippen LogP contribution < -0.4 is 4.90 Å². The van der Waals surface area contributed by atoms with Crippen molar-refractivity contribution in [2.45, 2.75) is 0 Å². The molecule has 0 aliphatic carbocycles. The molecule has 8 heteroatoms. The number of carboxylic acids is 1. The molecule has 2 rings (SSSR count). The van der Waals surface area contributed by atoms with E-state index in [1.807, 2.05) is 4.90 Å². The first-order valence-electron chi connectivity index (χ1n) is 6.02. The minimum absolute atomic E-state index is 0.169. The first kappa shape index (κ1) is 15.1. The Balaban J connectivity index is 2.22. The van der Waals surface area contributed by atoms with Crippen LogP contribution in [0.5, 0.6) is 0 Å². The van der Waals surface area contributed by atoms with E-state index < -0.39 is 16.0 Å². The number of anilines is 1. The summed E-state index contributed by atoms with van der Waals surface area (Å²) in [5.41, 5.74) is 0.695. The third-order valence-corrected chi connectivity index (χ3v) is 4.78. The van der Waals surface area contributed by atoms with Gasteiger partial charge in [0.1, 0.15) is 0 Å². The van der Waals surface area contributed by atoms with Gasteiger partial charge in [0.15, 0.2) is 0 Å². The van der Waals surface area contributed by atoms with E-state index in [1.54, 1.807) is 6.07 Å². The van der Waals surface area contributed by atoms with Crippen LogP contribution in [-0.4, -0.2) is 56.2 Å². The van der Waals surface area contributed by atoms with E-state index >= 15 is 0 Å². The summed E-state index contributed by atoms with van der Waals surface area (Å²) in [5, 5.41) is 9.65. The highest BCUT2D eigenvalue weighted by atomic mass is 35.5. The molecule has 1 fully saturated rings. The third-order valence-electron chi connectivity index (χ3n) is 3.24. The van der Waals surface area contributed by atoms with Crippen LogP contribution in [0.25, 0.3) is 0 Å². The van der Waals surface area contributed by atoms with Crippen LogP contribution in [0.3, 0.4) is 0 Å². The summed E-state index contributed by atoms with van der Waals surface area (Å²) < 4.78 is 24.3. The van der Waals surface area contributed by atoms with E-state index in [9.17, 15) is 18.3 Å². The number of rotatable bonds is 3. The number of aromatic carboxylic acids is 1. The zero-order valence-corrected chi connectivity index (χ0v) is 12.5. The van der Waals surface area contributed by atoms with E-state index in [1.165, 1.54) is 22.7 Å². The fourth-order valence-corrected chi connectivity index (χ4v) is 3.20. The standard InChI is InChI=1S/C12H15ClN2O4S/c1-20(18,19)15-6-4-14(5-7-15)11-8-9(13)2-3-10(11)12(16)17/h2-3,8H,4-7H2,1H3,(H,16,17). The van der Waals surface area contributed by atoms with Gasteiger partial charge in [-0.1, -0.05) is 11.6 Å². The van der Waals surface area contributed by atoms with E-state index in [0.717, 1.165) is 0 Å². The second kappa shape index (κ2) is 5.59. The molecule has 6 nitrogen and oxygen atoms in total. The van der Waals surface area contributed by atoms with Gasteiger partial charge in [0, 0.05) is 31.2 Å². The maximum Gasteiger partial charge on any atom is 0.337 e. The fraction of sp³-hybridized carbons (Fsp3) is 0.417. The Bertz CT molecular complexity index is 624. The van der Waals surface area contributed by atoms with Gasteiger partial charge in [-0.3, -0.25) is 0 Å². The normalized spacial score (nSPS) is 17.2. The van der Waals surface area contributed by atoms with Gasteiger partial charge in [0.05, 0.1) is 17.5 Å². The molecular formula is C12H15ClN2O4S. The number of halogens is 1. The van der Waals surface area contributed by atoms with Crippen LogP contribution in [0, 0.1) is 0 Å². The SMILES string of the molecule is CS(=O)(=O)N1CCN(c2cc(Cl)ccc2C(=O)O)CC1. The minimum Gasteiger partial charge on any atom is -0.478 e. The summed E-state index contributed by atoms with van der Waals surface area (Å²) >= 11 is 5.92. The van der Waals surface area contributed by atoms with Crippen molar-refractivity contribution in [1.82, 2.24) is 4.31 Å². The van der Waals surface area contributed by atoms with Crippen LogP contribution in [0.15, 0.2) is 18.2 Å². The Kier molecular flexibility index (Phi) is 4.22. The number of sulfonamides is 1. The van der Waals surface area contributed by atoms with Crippen molar-refractivity contribution in [3.8, 4) is 0 Å². The zero-order chi connectivity index (χ0) is 14.9. The Labute approximate surface area is 122 Å². The van der Waals surface area contributed by atoms with Crippen molar-refractivity contribution in [3.05, 3.63) is 28.8 Å². The molecule has 1 aliphatic heterocycles. The fourth-order valence-electron chi connectivity index (χ4n) is 2.21. The van der Waals surface area contributed by atoms with E-state index in [2.05, 4.69) is 0 Å². The maximum absolute atomic E-state index is 11.5. The van der Waals surface area contributed by atoms with E-state index in [-0.39, 0.29) is 5.56 Å². The summed E-state index contributed by atoms with van der Waals surface area (Å²) in [4.78, 5) is 13.1. The topological polar surface area (TPSA) is 77.9 Å². The number of carboxylic acid groups (broad SMARTS) is 1. The van der Waals surface area contributed by atoms with Crippen molar-refractivity contribution in [3.63, 3.8) is 0 Å². The molecule has 0 radical (unpaired) electrons. The lowest BCUT2D eigenvalue weighted by Gasteiger charge is -2.35. The lowest BCUT2D eigenvalue weighted by molar-refractivity contribution is 0.0697. The Hall–Kier alpha value is -1.31. The molecule has 1 aromatic carbocycles. The van der Waals surface area contributed by atoms with Gasteiger partial charge >= 0.3 is 5.97 Å². The molecule has 0 bridgehead atoms. The number of hydrogen-bond donors (Lipinski definition) is 1. The summed E-state index contributed by atoms with van der Waals surface area (Å²) in [7, 11) is -3.20. The monoisotopic (exact) mass is 318 g/mol. The molecule has 0 atom stereocenters. The number of hydrogen-bond acceptors (Lipinski definition) is 4. The third kappa shape index (κ3) is 3.23. The van der Waals surface area contributed by atoms with Crippen molar-refractivity contribution < 1.29 is 18.3 Å². The minimum atomic E-state index is -3.20. The summed E-state index contributed by atoms with van der Waals surface area (Å²) in [6, 6.07) is 4.59. The highest BCUT2D eigenvalue weighted by molar-refractivity contribution is 7.88. The number of piperazine rings is 1. The lowest BCUT2D eigenvalue weighted by atomic mass is 10.1. The van der Waals surface area contributed by atoms with Crippen LogP contribution in [0.1, 0.15) is 10.4 Å². The molecule has 1 N–H and O–H groups in total. The number of benzene rings is 1. The van der Waals surface area contributed by atoms with Crippen molar-refractivity contribution >= 4 is 33.3 Å². The van der Waals surface area contributed by atoms with E-state index in [4.69, 9.17) is 11.6 Å².